The lowest BCUT2D eigenvalue weighted by Gasteiger charge is -2.45. The quantitative estimate of drug-likeness (QED) is 0.800. The normalized spacial score (nSPS) is 34.4. The van der Waals surface area contributed by atoms with Gasteiger partial charge in [-0.15, -0.1) is 0 Å². The number of piperidine rings is 1. The average Bonchev–Trinajstić information content (AvgIpc) is 2.63. The smallest absolute Gasteiger partial charge is 0.0168 e. The molecule has 2 fully saturated rings. The van der Waals surface area contributed by atoms with Gasteiger partial charge >= 0.3 is 0 Å². The van der Waals surface area contributed by atoms with Crippen LogP contribution in [0.25, 0.3) is 0 Å². The Labute approximate surface area is 107 Å². The zero-order chi connectivity index (χ0) is 12.5. The molecule has 0 saturated carbocycles. The molecule has 3 heteroatoms. The number of nitrogens with zero attached hydrogens (tertiary/aromatic N) is 2. The topological polar surface area (TPSA) is 18.5 Å². The molecular formula is C14H29N3. The Hall–Kier alpha value is -0.120. The lowest BCUT2D eigenvalue weighted by molar-refractivity contribution is 0.0689. The molecule has 0 aromatic carbocycles. The van der Waals surface area contributed by atoms with Crippen molar-refractivity contribution in [2.75, 3.05) is 46.8 Å². The first-order chi connectivity index (χ1) is 7.99. The van der Waals surface area contributed by atoms with Crippen molar-refractivity contribution in [3.8, 4) is 0 Å². The van der Waals surface area contributed by atoms with Crippen LogP contribution in [0.1, 0.15) is 26.7 Å². The van der Waals surface area contributed by atoms with Gasteiger partial charge in [0.1, 0.15) is 0 Å². The molecule has 17 heavy (non-hydrogen) atoms. The molecule has 2 rings (SSSR count). The maximum absolute atomic E-state index is 3.53. The van der Waals surface area contributed by atoms with E-state index in [0.717, 1.165) is 18.5 Å². The number of rotatable bonds is 3. The van der Waals surface area contributed by atoms with Crippen LogP contribution in [0.5, 0.6) is 0 Å². The third kappa shape index (κ3) is 3.21. The second kappa shape index (κ2) is 5.25. The molecule has 0 bridgehead atoms. The molecule has 0 aromatic rings. The van der Waals surface area contributed by atoms with Crippen molar-refractivity contribution in [3.63, 3.8) is 0 Å². The van der Waals surface area contributed by atoms with Gasteiger partial charge in [-0.25, -0.2) is 0 Å². The third-order valence-corrected chi connectivity index (χ3v) is 4.64. The molecule has 0 spiro atoms. The Bertz CT molecular complexity index is 252. The summed E-state index contributed by atoms with van der Waals surface area (Å²) in [5.74, 6) is 0.885. The van der Waals surface area contributed by atoms with E-state index in [-0.39, 0.29) is 0 Å². The molecule has 1 N–H and O–H groups in total. The fourth-order valence-electron chi connectivity index (χ4n) is 3.68. The Morgan fingerprint density at radius 2 is 2.12 bits per heavy atom. The molecule has 100 valence electrons. The van der Waals surface area contributed by atoms with E-state index in [4.69, 9.17) is 0 Å². The van der Waals surface area contributed by atoms with E-state index in [2.05, 4.69) is 43.1 Å². The van der Waals surface area contributed by atoms with Gasteiger partial charge in [0.25, 0.3) is 0 Å². The summed E-state index contributed by atoms with van der Waals surface area (Å²) < 4.78 is 0. The minimum atomic E-state index is 0.414. The number of likely N-dealkylation sites (tertiary alicyclic amines) is 1. The second-order valence-electron chi connectivity index (χ2n) is 6.83. The Balaban J connectivity index is 1.88. The molecule has 0 amide bonds. The molecule has 2 saturated heterocycles. The first kappa shape index (κ1) is 13.3. The van der Waals surface area contributed by atoms with E-state index in [1.165, 1.54) is 39.0 Å². The van der Waals surface area contributed by atoms with E-state index in [9.17, 15) is 0 Å². The summed E-state index contributed by atoms with van der Waals surface area (Å²) in [5.41, 5.74) is 0.414. The van der Waals surface area contributed by atoms with E-state index in [1.807, 2.05) is 0 Å². The Morgan fingerprint density at radius 1 is 1.35 bits per heavy atom. The SMILES string of the molecule is CN1CCC(CN(C)C2CCNCC2(C)C)C1. The highest BCUT2D eigenvalue weighted by atomic mass is 15.2. The van der Waals surface area contributed by atoms with Gasteiger partial charge in [0.15, 0.2) is 0 Å². The van der Waals surface area contributed by atoms with E-state index >= 15 is 0 Å². The van der Waals surface area contributed by atoms with Crippen molar-refractivity contribution < 1.29 is 0 Å². The van der Waals surface area contributed by atoms with Gasteiger partial charge in [0.05, 0.1) is 0 Å². The maximum Gasteiger partial charge on any atom is 0.0168 e. The highest BCUT2D eigenvalue weighted by molar-refractivity contribution is 4.92. The van der Waals surface area contributed by atoms with E-state index < -0.39 is 0 Å². The molecule has 0 aromatic heterocycles. The van der Waals surface area contributed by atoms with Gasteiger partial charge in [-0.1, -0.05) is 13.8 Å². The Morgan fingerprint density at radius 3 is 2.71 bits per heavy atom. The number of hydrogen-bond acceptors (Lipinski definition) is 3. The van der Waals surface area contributed by atoms with Crippen LogP contribution in [-0.4, -0.2) is 62.7 Å². The fourth-order valence-corrected chi connectivity index (χ4v) is 3.68. The van der Waals surface area contributed by atoms with Crippen LogP contribution in [0.3, 0.4) is 0 Å². The zero-order valence-corrected chi connectivity index (χ0v) is 12.0. The molecule has 3 nitrogen and oxygen atoms in total. The molecule has 2 unspecified atom stereocenters. The summed E-state index contributed by atoms with van der Waals surface area (Å²) in [6.07, 6.45) is 2.68. The van der Waals surface area contributed by atoms with Crippen molar-refractivity contribution in [3.05, 3.63) is 0 Å². The van der Waals surface area contributed by atoms with Crippen LogP contribution in [0.4, 0.5) is 0 Å². The van der Waals surface area contributed by atoms with Gasteiger partial charge < -0.3 is 15.1 Å². The lowest BCUT2D eigenvalue weighted by atomic mass is 9.79. The highest BCUT2D eigenvalue weighted by Gasteiger charge is 2.35. The largest absolute Gasteiger partial charge is 0.316 e. The lowest BCUT2D eigenvalue weighted by Crippen LogP contribution is -2.54. The predicted molar refractivity (Wildman–Crippen MR) is 73.3 cm³/mol. The van der Waals surface area contributed by atoms with Crippen molar-refractivity contribution >= 4 is 0 Å². The molecule has 2 atom stereocenters. The third-order valence-electron chi connectivity index (χ3n) is 4.64. The first-order valence-electron chi connectivity index (χ1n) is 7.08. The van der Waals surface area contributed by atoms with E-state index in [1.54, 1.807) is 0 Å². The van der Waals surface area contributed by atoms with Crippen molar-refractivity contribution in [2.24, 2.45) is 11.3 Å². The minimum absolute atomic E-state index is 0.414. The van der Waals surface area contributed by atoms with Crippen LogP contribution < -0.4 is 5.32 Å². The monoisotopic (exact) mass is 239 g/mol. The molecule has 2 aliphatic heterocycles. The van der Waals surface area contributed by atoms with Crippen LogP contribution in [0, 0.1) is 11.3 Å². The first-order valence-corrected chi connectivity index (χ1v) is 7.08. The standard InChI is InChI=1S/C14H29N3/c1-14(2)11-15-7-5-13(14)17(4)10-12-6-8-16(3)9-12/h12-13,15H,5-11H2,1-4H3. The molecule has 2 heterocycles. The summed E-state index contributed by atoms with van der Waals surface area (Å²) in [5, 5.41) is 3.53. The van der Waals surface area contributed by atoms with Crippen molar-refractivity contribution in [1.82, 2.24) is 15.1 Å². The average molecular weight is 239 g/mol. The number of nitrogens with one attached hydrogen (secondary N) is 1. The van der Waals surface area contributed by atoms with Crippen LogP contribution in [0.15, 0.2) is 0 Å². The van der Waals surface area contributed by atoms with E-state index in [0.29, 0.717) is 5.41 Å². The van der Waals surface area contributed by atoms with Gasteiger partial charge in [0, 0.05) is 25.7 Å². The minimum Gasteiger partial charge on any atom is -0.316 e. The molecule has 0 radical (unpaired) electrons. The van der Waals surface area contributed by atoms with Gasteiger partial charge in [0.2, 0.25) is 0 Å². The van der Waals surface area contributed by atoms with Crippen molar-refractivity contribution in [1.29, 1.82) is 0 Å². The van der Waals surface area contributed by atoms with Gasteiger partial charge in [-0.2, -0.15) is 0 Å². The summed E-state index contributed by atoms with van der Waals surface area (Å²) in [6.45, 7) is 11.0. The maximum atomic E-state index is 3.53. The van der Waals surface area contributed by atoms with Gasteiger partial charge in [-0.3, -0.25) is 0 Å². The fraction of sp³-hybridized carbons (Fsp3) is 1.00. The molecular weight excluding hydrogens is 210 g/mol. The summed E-state index contributed by atoms with van der Waals surface area (Å²) in [4.78, 5) is 5.09. The second-order valence-corrected chi connectivity index (χ2v) is 6.83. The van der Waals surface area contributed by atoms with Crippen LogP contribution >= 0.6 is 0 Å². The summed E-state index contributed by atoms with van der Waals surface area (Å²) >= 11 is 0. The Kier molecular flexibility index (Phi) is 4.11. The number of hydrogen-bond donors (Lipinski definition) is 1. The predicted octanol–water partition coefficient (Wildman–Crippen LogP) is 1.26. The van der Waals surface area contributed by atoms with Gasteiger partial charge in [-0.05, 0) is 51.4 Å². The van der Waals surface area contributed by atoms with Crippen LogP contribution in [-0.2, 0) is 0 Å². The molecule has 2 aliphatic rings. The van der Waals surface area contributed by atoms with Crippen molar-refractivity contribution in [2.45, 2.75) is 32.7 Å². The molecule has 0 aliphatic carbocycles. The van der Waals surface area contributed by atoms with Crippen LogP contribution in [0.2, 0.25) is 0 Å². The zero-order valence-electron chi connectivity index (χ0n) is 12.0. The summed E-state index contributed by atoms with van der Waals surface area (Å²) in [6, 6.07) is 0.745. The summed E-state index contributed by atoms with van der Waals surface area (Å²) in [7, 11) is 4.57. The highest BCUT2D eigenvalue weighted by Crippen LogP contribution is 2.30.